The Kier molecular flexibility index (Phi) is 7.22. The molecule has 176 valence electrons. The van der Waals surface area contributed by atoms with Gasteiger partial charge in [-0.2, -0.15) is 0 Å². The highest BCUT2D eigenvalue weighted by Gasteiger charge is 2.23. The lowest BCUT2D eigenvalue weighted by Crippen LogP contribution is -2.39. The average molecular weight is 474 g/mol. The molecular formula is C24H28FN3O4S. The van der Waals surface area contributed by atoms with Gasteiger partial charge in [0.25, 0.3) is 15.9 Å². The van der Waals surface area contributed by atoms with Crippen LogP contribution in [0.2, 0.25) is 0 Å². The number of fused-ring (bicyclic) bond motifs is 1. The lowest BCUT2D eigenvalue weighted by molar-refractivity contribution is 0.0713. The number of H-pyrrole nitrogens is 1. The molecule has 2 N–H and O–H groups in total. The molecule has 3 rings (SSSR count). The first-order valence-electron chi connectivity index (χ1n) is 10.7. The van der Waals surface area contributed by atoms with Gasteiger partial charge in [0.1, 0.15) is 11.4 Å². The van der Waals surface area contributed by atoms with E-state index in [4.69, 9.17) is 0 Å². The van der Waals surface area contributed by atoms with Gasteiger partial charge < -0.3 is 9.88 Å². The van der Waals surface area contributed by atoms with Crippen molar-refractivity contribution in [2.24, 2.45) is 11.8 Å². The highest BCUT2D eigenvalue weighted by atomic mass is 32.2. The molecule has 1 heterocycles. The minimum atomic E-state index is -4.16. The van der Waals surface area contributed by atoms with Crippen LogP contribution in [0.25, 0.3) is 10.9 Å². The van der Waals surface area contributed by atoms with E-state index in [0.717, 1.165) is 6.07 Å². The van der Waals surface area contributed by atoms with Crippen molar-refractivity contribution < 1.29 is 17.6 Å². The van der Waals surface area contributed by atoms with Crippen LogP contribution in [0.1, 0.15) is 38.1 Å². The fourth-order valence-corrected chi connectivity index (χ4v) is 4.66. The van der Waals surface area contributed by atoms with E-state index < -0.39 is 27.2 Å². The predicted octanol–water partition coefficient (Wildman–Crippen LogP) is 4.22. The van der Waals surface area contributed by atoms with Gasteiger partial charge in [-0.25, -0.2) is 12.8 Å². The maximum atomic E-state index is 13.9. The predicted molar refractivity (Wildman–Crippen MR) is 127 cm³/mol. The van der Waals surface area contributed by atoms with Crippen LogP contribution in [0.5, 0.6) is 0 Å². The van der Waals surface area contributed by atoms with E-state index in [2.05, 4.69) is 9.71 Å². The quantitative estimate of drug-likeness (QED) is 0.512. The summed E-state index contributed by atoms with van der Waals surface area (Å²) in [5, 5.41) is 0.0614. The Labute approximate surface area is 192 Å². The number of carbonyl (C=O) groups is 1. The minimum Gasteiger partial charge on any atom is -0.360 e. The molecule has 33 heavy (non-hydrogen) atoms. The molecule has 2 aromatic carbocycles. The second kappa shape index (κ2) is 9.74. The van der Waals surface area contributed by atoms with Gasteiger partial charge in [0.15, 0.2) is 0 Å². The number of halogens is 1. The SMILES string of the molecule is CC(C)CN(CC(C)C)C(=O)c1c[nH]c2ccc(S(=O)(=O)Nc3ccccc3F)cc2c1=O. The largest absolute Gasteiger partial charge is 0.360 e. The number of carbonyl (C=O) groups excluding carboxylic acids is 1. The summed E-state index contributed by atoms with van der Waals surface area (Å²) in [6, 6.07) is 9.35. The number of nitrogens with zero attached hydrogens (tertiary/aromatic N) is 1. The zero-order chi connectivity index (χ0) is 24.3. The number of hydrogen-bond acceptors (Lipinski definition) is 4. The summed E-state index contributed by atoms with van der Waals surface area (Å²) in [4.78, 5) is 30.7. The first kappa shape index (κ1) is 24.4. The van der Waals surface area contributed by atoms with Gasteiger partial charge in [0.2, 0.25) is 5.43 Å². The lowest BCUT2D eigenvalue weighted by Gasteiger charge is -2.26. The molecule has 7 nitrogen and oxygen atoms in total. The number of pyridine rings is 1. The van der Waals surface area contributed by atoms with Gasteiger partial charge in [-0.3, -0.25) is 14.3 Å². The van der Waals surface area contributed by atoms with Crippen molar-refractivity contribution in [3.05, 3.63) is 70.3 Å². The number of sulfonamides is 1. The Hall–Kier alpha value is -3.20. The summed E-state index contributed by atoms with van der Waals surface area (Å²) < 4.78 is 41.7. The molecule has 0 saturated carbocycles. The van der Waals surface area contributed by atoms with Crippen LogP contribution in [-0.4, -0.2) is 37.3 Å². The number of aromatic amines is 1. The van der Waals surface area contributed by atoms with Gasteiger partial charge in [-0.1, -0.05) is 39.8 Å². The fraction of sp³-hybridized carbons (Fsp3) is 0.333. The maximum absolute atomic E-state index is 13.9. The van der Waals surface area contributed by atoms with Crippen LogP contribution < -0.4 is 10.2 Å². The van der Waals surface area contributed by atoms with Crippen LogP contribution in [0.4, 0.5) is 10.1 Å². The van der Waals surface area contributed by atoms with Crippen LogP contribution in [0, 0.1) is 17.7 Å². The number of aromatic nitrogens is 1. The molecule has 0 spiro atoms. The third-order valence-electron chi connectivity index (χ3n) is 4.97. The Balaban J connectivity index is 2.03. The Morgan fingerprint density at radius 1 is 1.06 bits per heavy atom. The first-order valence-corrected chi connectivity index (χ1v) is 12.2. The van der Waals surface area contributed by atoms with Crippen molar-refractivity contribution in [3.8, 4) is 0 Å². The van der Waals surface area contributed by atoms with Crippen LogP contribution in [0.15, 0.2) is 58.4 Å². The topological polar surface area (TPSA) is 99.3 Å². The molecule has 9 heteroatoms. The summed E-state index contributed by atoms with van der Waals surface area (Å²) in [7, 11) is -4.16. The number of benzene rings is 2. The minimum absolute atomic E-state index is 0.0552. The first-order chi connectivity index (χ1) is 15.5. The smallest absolute Gasteiger partial charge is 0.262 e. The molecule has 0 unspecified atom stereocenters. The van der Waals surface area contributed by atoms with E-state index in [-0.39, 0.29) is 33.4 Å². The Morgan fingerprint density at radius 3 is 2.30 bits per heavy atom. The van der Waals surface area contributed by atoms with Gasteiger partial charge >= 0.3 is 0 Å². The highest BCUT2D eigenvalue weighted by Crippen LogP contribution is 2.21. The molecule has 0 fully saturated rings. The average Bonchev–Trinajstić information content (AvgIpc) is 2.74. The number of para-hydroxylation sites is 1. The number of nitrogens with one attached hydrogen (secondary N) is 2. The van der Waals surface area contributed by atoms with Crippen molar-refractivity contribution in [2.45, 2.75) is 32.6 Å². The molecule has 0 bridgehead atoms. The van der Waals surface area contributed by atoms with Crippen molar-refractivity contribution in [3.63, 3.8) is 0 Å². The third kappa shape index (κ3) is 5.60. The van der Waals surface area contributed by atoms with Crippen molar-refractivity contribution in [2.75, 3.05) is 17.8 Å². The van der Waals surface area contributed by atoms with Crippen molar-refractivity contribution >= 4 is 32.5 Å². The number of hydrogen-bond donors (Lipinski definition) is 2. The summed E-state index contributed by atoms with van der Waals surface area (Å²) in [6.45, 7) is 8.96. The number of anilines is 1. The summed E-state index contributed by atoms with van der Waals surface area (Å²) in [5.41, 5.74) is -0.427. The van der Waals surface area contributed by atoms with E-state index in [0.29, 0.717) is 18.6 Å². The molecule has 0 aliphatic carbocycles. The Bertz CT molecular complexity index is 1320. The summed E-state index contributed by atoms with van der Waals surface area (Å²) in [6.07, 6.45) is 1.37. The standard InChI is InChI=1S/C24H28FN3O4S/c1-15(2)13-28(14-16(3)4)24(30)19-12-26-21-10-9-17(11-18(21)23(19)29)33(31,32)27-22-8-6-5-7-20(22)25/h5-12,15-16,27H,13-14H2,1-4H3,(H,26,29). The molecule has 0 aliphatic heterocycles. The Morgan fingerprint density at radius 2 is 1.70 bits per heavy atom. The number of rotatable bonds is 8. The van der Waals surface area contributed by atoms with Gasteiger partial charge in [0.05, 0.1) is 10.6 Å². The lowest BCUT2D eigenvalue weighted by atomic mass is 10.1. The monoisotopic (exact) mass is 473 g/mol. The van der Waals surface area contributed by atoms with Crippen molar-refractivity contribution in [1.82, 2.24) is 9.88 Å². The molecule has 0 atom stereocenters. The van der Waals surface area contributed by atoms with Gasteiger partial charge in [0, 0.05) is 30.2 Å². The molecule has 0 aliphatic rings. The van der Waals surface area contributed by atoms with E-state index in [1.807, 2.05) is 27.7 Å². The van der Waals surface area contributed by atoms with E-state index in [9.17, 15) is 22.4 Å². The van der Waals surface area contributed by atoms with Gasteiger partial charge in [-0.15, -0.1) is 0 Å². The maximum Gasteiger partial charge on any atom is 0.262 e. The molecule has 0 saturated heterocycles. The molecule has 0 radical (unpaired) electrons. The molecule has 1 amide bonds. The summed E-state index contributed by atoms with van der Waals surface area (Å²) >= 11 is 0. The van der Waals surface area contributed by atoms with Crippen molar-refractivity contribution in [1.29, 1.82) is 0 Å². The molecule has 3 aromatic rings. The van der Waals surface area contributed by atoms with Crippen LogP contribution >= 0.6 is 0 Å². The van der Waals surface area contributed by atoms with Gasteiger partial charge in [-0.05, 0) is 42.2 Å². The molecule has 1 aromatic heterocycles. The van der Waals surface area contributed by atoms with E-state index >= 15 is 0 Å². The van der Waals surface area contributed by atoms with Crippen LogP contribution in [0.3, 0.4) is 0 Å². The second-order valence-corrected chi connectivity index (χ2v) is 10.5. The normalized spacial score (nSPS) is 11.8. The van der Waals surface area contributed by atoms with Crippen LogP contribution in [-0.2, 0) is 10.0 Å². The van der Waals surface area contributed by atoms with E-state index in [1.165, 1.54) is 42.6 Å². The van der Waals surface area contributed by atoms with E-state index in [1.54, 1.807) is 4.90 Å². The zero-order valence-corrected chi connectivity index (χ0v) is 19.9. The molecular weight excluding hydrogens is 445 g/mol. The highest BCUT2D eigenvalue weighted by molar-refractivity contribution is 7.92. The second-order valence-electron chi connectivity index (χ2n) is 8.82. The summed E-state index contributed by atoms with van der Waals surface area (Å²) in [5.74, 6) is -0.692. The third-order valence-corrected chi connectivity index (χ3v) is 6.33. The number of amides is 1. The zero-order valence-electron chi connectivity index (χ0n) is 19.1. The fourth-order valence-electron chi connectivity index (χ4n) is 3.56.